The SMILES string of the molecule is CN(C(=O)c1cccc(-c2ccoc2)c1)C1CCS(=O)(=O)CC1. The second kappa shape index (κ2) is 6.20. The molecule has 0 bridgehead atoms. The molecule has 0 aliphatic carbocycles. The normalized spacial score (nSPS) is 17.8. The highest BCUT2D eigenvalue weighted by molar-refractivity contribution is 7.91. The van der Waals surface area contributed by atoms with Gasteiger partial charge in [-0.3, -0.25) is 4.79 Å². The van der Waals surface area contributed by atoms with Gasteiger partial charge in [0.1, 0.15) is 9.84 Å². The lowest BCUT2D eigenvalue weighted by molar-refractivity contribution is 0.0722. The Morgan fingerprint density at radius 3 is 2.57 bits per heavy atom. The highest BCUT2D eigenvalue weighted by Crippen LogP contribution is 2.23. The van der Waals surface area contributed by atoms with Crippen LogP contribution >= 0.6 is 0 Å². The standard InChI is InChI=1S/C17H19NO4S/c1-18(16-6-9-23(20,21)10-7-16)17(19)14-4-2-3-13(11-14)15-5-8-22-12-15/h2-5,8,11-12,16H,6-7,9-10H2,1H3. The Kier molecular flexibility index (Phi) is 4.26. The molecule has 5 nitrogen and oxygen atoms in total. The summed E-state index contributed by atoms with van der Waals surface area (Å²) in [6.45, 7) is 0. The predicted molar refractivity (Wildman–Crippen MR) is 87.9 cm³/mol. The van der Waals surface area contributed by atoms with Gasteiger partial charge in [-0.05, 0) is 36.6 Å². The lowest BCUT2D eigenvalue weighted by Gasteiger charge is -2.31. The lowest BCUT2D eigenvalue weighted by Crippen LogP contribution is -2.42. The zero-order valence-corrected chi connectivity index (χ0v) is 13.8. The van der Waals surface area contributed by atoms with Crippen molar-refractivity contribution in [2.24, 2.45) is 0 Å². The summed E-state index contributed by atoms with van der Waals surface area (Å²) >= 11 is 0. The van der Waals surface area contributed by atoms with Crippen molar-refractivity contribution in [2.45, 2.75) is 18.9 Å². The molecule has 1 aliphatic rings. The molecule has 1 aliphatic heterocycles. The van der Waals surface area contributed by atoms with Crippen LogP contribution in [0.1, 0.15) is 23.2 Å². The largest absolute Gasteiger partial charge is 0.472 e. The highest BCUT2D eigenvalue weighted by atomic mass is 32.2. The number of furan rings is 1. The van der Waals surface area contributed by atoms with E-state index in [-0.39, 0.29) is 23.5 Å². The first-order chi connectivity index (χ1) is 11.0. The lowest BCUT2D eigenvalue weighted by atomic mass is 10.0. The van der Waals surface area contributed by atoms with Crippen molar-refractivity contribution in [3.05, 3.63) is 48.4 Å². The highest BCUT2D eigenvalue weighted by Gasteiger charge is 2.29. The van der Waals surface area contributed by atoms with Crippen molar-refractivity contribution < 1.29 is 17.6 Å². The van der Waals surface area contributed by atoms with E-state index in [1.165, 1.54) is 0 Å². The van der Waals surface area contributed by atoms with Gasteiger partial charge >= 0.3 is 0 Å². The number of nitrogens with zero attached hydrogens (tertiary/aromatic N) is 1. The van der Waals surface area contributed by atoms with E-state index in [0.29, 0.717) is 18.4 Å². The molecule has 2 aromatic rings. The van der Waals surface area contributed by atoms with Crippen molar-refractivity contribution in [1.82, 2.24) is 4.90 Å². The average molecular weight is 333 g/mol. The van der Waals surface area contributed by atoms with Gasteiger partial charge in [0, 0.05) is 24.2 Å². The summed E-state index contributed by atoms with van der Waals surface area (Å²) in [6.07, 6.45) is 4.25. The number of carbonyl (C=O) groups excluding carboxylic acids is 1. The fraction of sp³-hybridized carbons (Fsp3) is 0.353. The Morgan fingerprint density at radius 1 is 1.17 bits per heavy atom. The summed E-state index contributed by atoms with van der Waals surface area (Å²) in [4.78, 5) is 14.3. The van der Waals surface area contributed by atoms with Crippen LogP contribution in [-0.4, -0.2) is 43.8 Å². The van der Waals surface area contributed by atoms with Crippen molar-refractivity contribution in [3.63, 3.8) is 0 Å². The molecule has 0 unspecified atom stereocenters. The first-order valence-electron chi connectivity index (χ1n) is 7.56. The molecular formula is C17H19NO4S. The van der Waals surface area contributed by atoms with Crippen LogP contribution in [0.4, 0.5) is 0 Å². The third-order valence-electron chi connectivity index (χ3n) is 4.36. The van der Waals surface area contributed by atoms with E-state index in [4.69, 9.17) is 4.42 Å². The monoisotopic (exact) mass is 333 g/mol. The van der Waals surface area contributed by atoms with Gasteiger partial charge in [-0.2, -0.15) is 0 Å². The molecule has 0 atom stereocenters. The summed E-state index contributed by atoms with van der Waals surface area (Å²) < 4.78 is 28.1. The summed E-state index contributed by atoms with van der Waals surface area (Å²) in [5.74, 6) is 0.231. The predicted octanol–water partition coefficient (Wildman–Crippen LogP) is 2.60. The molecule has 0 saturated carbocycles. The second-order valence-corrected chi connectivity index (χ2v) is 8.20. The van der Waals surface area contributed by atoms with E-state index < -0.39 is 9.84 Å². The van der Waals surface area contributed by atoms with Crippen LogP contribution in [0.25, 0.3) is 11.1 Å². The molecular weight excluding hydrogens is 314 g/mol. The molecule has 3 rings (SSSR count). The van der Waals surface area contributed by atoms with Gasteiger partial charge in [0.25, 0.3) is 5.91 Å². The Labute approximate surface area is 135 Å². The average Bonchev–Trinajstić information content (AvgIpc) is 3.08. The molecule has 1 aromatic heterocycles. The Balaban J connectivity index is 1.76. The minimum Gasteiger partial charge on any atom is -0.472 e. The first-order valence-corrected chi connectivity index (χ1v) is 9.39. The quantitative estimate of drug-likeness (QED) is 0.866. The molecule has 0 radical (unpaired) electrons. The molecule has 6 heteroatoms. The van der Waals surface area contributed by atoms with Crippen LogP contribution < -0.4 is 0 Å². The maximum atomic E-state index is 12.7. The summed E-state index contributed by atoms with van der Waals surface area (Å²) in [5, 5.41) is 0. The van der Waals surface area contributed by atoms with Crippen LogP contribution in [0.3, 0.4) is 0 Å². The van der Waals surface area contributed by atoms with Crippen molar-refractivity contribution in [3.8, 4) is 11.1 Å². The van der Waals surface area contributed by atoms with Gasteiger partial charge in [0.2, 0.25) is 0 Å². The third kappa shape index (κ3) is 3.47. The topological polar surface area (TPSA) is 67.6 Å². The van der Waals surface area contributed by atoms with Gasteiger partial charge < -0.3 is 9.32 Å². The number of carbonyl (C=O) groups is 1. The Hall–Kier alpha value is -2.08. The van der Waals surface area contributed by atoms with Gasteiger partial charge in [-0.1, -0.05) is 12.1 Å². The van der Waals surface area contributed by atoms with Crippen molar-refractivity contribution >= 4 is 15.7 Å². The number of rotatable bonds is 3. The van der Waals surface area contributed by atoms with E-state index in [2.05, 4.69) is 0 Å². The fourth-order valence-corrected chi connectivity index (χ4v) is 4.36. The van der Waals surface area contributed by atoms with Gasteiger partial charge in [0.05, 0.1) is 24.0 Å². The Morgan fingerprint density at radius 2 is 1.91 bits per heavy atom. The molecule has 2 heterocycles. The zero-order chi connectivity index (χ0) is 16.4. The molecule has 0 spiro atoms. The summed E-state index contributed by atoms with van der Waals surface area (Å²) in [6, 6.07) is 9.21. The van der Waals surface area contributed by atoms with Crippen LogP contribution in [-0.2, 0) is 9.84 Å². The maximum Gasteiger partial charge on any atom is 0.253 e. The molecule has 1 amide bonds. The molecule has 1 fully saturated rings. The van der Waals surface area contributed by atoms with Crippen LogP contribution in [0, 0.1) is 0 Å². The Bertz CT molecular complexity index is 782. The van der Waals surface area contributed by atoms with Crippen LogP contribution in [0.5, 0.6) is 0 Å². The second-order valence-electron chi connectivity index (χ2n) is 5.89. The minimum absolute atomic E-state index is 0.0244. The van der Waals surface area contributed by atoms with Crippen molar-refractivity contribution in [2.75, 3.05) is 18.6 Å². The summed E-state index contributed by atoms with van der Waals surface area (Å²) in [5.41, 5.74) is 2.44. The number of hydrogen-bond donors (Lipinski definition) is 0. The van der Waals surface area contributed by atoms with Crippen LogP contribution in [0.15, 0.2) is 47.3 Å². The number of benzene rings is 1. The van der Waals surface area contributed by atoms with Gasteiger partial charge in [-0.25, -0.2) is 8.42 Å². The minimum atomic E-state index is -2.92. The smallest absolute Gasteiger partial charge is 0.253 e. The van der Waals surface area contributed by atoms with E-state index in [1.54, 1.807) is 30.5 Å². The molecule has 122 valence electrons. The van der Waals surface area contributed by atoms with E-state index in [1.807, 2.05) is 24.3 Å². The fourth-order valence-electron chi connectivity index (χ4n) is 2.89. The number of sulfone groups is 1. The van der Waals surface area contributed by atoms with Gasteiger partial charge in [0.15, 0.2) is 0 Å². The van der Waals surface area contributed by atoms with Crippen LogP contribution in [0.2, 0.25) is 0 Å². The molecule has 0 N–H and O–H groups in total. The maximum absolute atomic E-state index is 12.7. The third-order valence-corrected chi connectivity index (χ3v) is 6.07. The van der Waals surface area contributed by atoms with E-state index >= 15 is 0 Å². The molecule has 1 saturated heterocycles. The zero-order valence-electron chi connectivity index (χ0n) is 12.9. The summed E-state index contributed by atoms with van der Waals surface area (Å²) in [7, 11) is -1.18. The first kappa shape index (κ1) is 15.8. The number of amides is 1. The van der Waals surface area contributed by atoms with Gasteiger partial charge in [-0.15, -0.1) is 0 Å². The van der Waals surface area contributed by atoms with Crippen molar-refractivity contribution in [1.29, 1.82) is 0 Å². The molecule has 23 heavy (non-hydrogen) atoms. The van der Waals surface area contributed by atoms with E-state index in [0.717, 1.165) is 11.1 Å². The number of hydrogen-bond acceptors (Lipinski definition) is 4. The molecule has 1 aromatic carbocycles. The van der Waals surface area contributed by atoms with E-state index in [9.17, 15) is 13.2 Å².